The SMILES string of the molecule is Cc1nc2ccccc2nc1CN1CCCC[C@H]1CCN1CCOCC1. The van der Waals surface area contributed by atoms with Crippen molar-refractivity contribution in [2.75, 3.05) is 39.4 Å². The van der Waals surface area contributed by atoms with Gasteiger partial charge < -0.3 is 4.74 Å². The van der Waals surface area contributed by atoms with Crippen LogP contribution in [-0.4, -0.2) is 65.2 Å². The number of aryl methyl sites for hydroxylation is 1. The zero-order valence-corrected chi connectivity index (χ0v) is 15.9. The van der Waals surface area contributed by atoms with E-state index >= 15 is 0 Å². The Morgan fingerprint density at radius 2 is 1.81 bits per heavy atom. The lowest BCUT2D eigenvalue weighted by Gasteiger charge is -2.37. The van der Waals surface area contributed by atoms with Crippen molar-refractivity contribution in [3.63, 3.8) is 0 Å². The molecular weight excluding hydrogens is 324 g/mol. The average Bonchev–Trinajstić information content (AvgIpc) is 2.69. The number of ether oxygens (including phenoxy) is 1. The Kier molecular flexibility index (Phi) is 5.78. The largest absolute Gasteiger partial charge is 0.379 e. The second-order valence-corrected chi connectivity index (χ2v) is 7.61. The molecule has 0 amide bonds. The summed E-state index contributed by atoms with van der Waals surface area (Å²) in [6.07, 6.45) is 5.21. The first-order chi connectivity index (χ1) is 12.8. The summed E-state index contributed by atoms with van der Waals surface area (Å²) in [5, 5.41) is 0. The van der Waals surface area contributed by atoms with Gasteiger partial charge in [-0.25, -0.2) is 9.97 Å². The number of para-hydroxylation sites is 2. The molecule has 2 aliphatic rings. The molecule has 0 unspecified atom stereocenters. The van der Waals surface area contributed by atoms with E-state index in [2.05, 4.69) is 22.8 Å². The monoisotopic (exact) mass is 354 g/mol. The van der Waals surface area contributed by atoms with Gasteiger partial charge in [0.25, 0.3) is 0 Å². The Balaban J connectivity index is 1.43. The van der Waals surface area contributed by atoms with Crippen molar-refractivity contribution in [2.45, 2.75) is 45.2 Å². The number of hydrogen-bond acceptors (Lipinski definition) is 5. The van der Waals surface area contributed by atoms with Crippen LogP contribution in [-0.2, 0) is 11.3 Å². The maximum Gasteiger partial charge on any atom is 0.0890 e. The van der Waals surface area contributed by atoms with E-state index in [9.17, 15) is 0 Å². The number of piperidine rings is 1. The molecule has 0 radical (unpaired) electrons. The highest BCUT2D eigenvalue weighted by atomic mass is 16.5. The highest BCUT2D eigenvalue weighted by Crippen LogP contribution is 2.23. The Hall–Kier alpha value is -1.56. The molecule has 26 heavy (non-hydrogen) atoms. The summed E-state index contributed by atoms with van der Waals surface area (Å²) in [5.74, 6) is 0. The van der Waals surface area contributed by atoms with Gasteiger partial charge in [-0.1, -0.05) is 18.6 Å². The maximum atomic E-state index is 5.47. The highest BCUT2D eigenvalue weighted by Gasteiger charge is 2.24. The van der Waals surface area contributed by atoms with Crippen LogP contribution in [0.3, 0.4) is 0 Å². The molecule has 1 atom stereocenters. The molecule has 2 aromatic rings. The molecule has 1 aromatic carbocycles. The van der Waals surface area contributed by atoms with Crippen LogP contribution in [0.2, 0.25) is 0 Å². The normalized spacial score (nSPS) is 22.7. The van der Waals surface area contributed by atoms with Crippen LogP contribution in [0.1, 0.15) is 37.1 Å². The molecule has 5 heteroatoms. The predicted molar refractivity (Wildman–Crippen MR) is 104 cm³/mol. The fourth-order valence-electron chi connectivity index (χ4n) is 4.22. The van der Waals surface area contributed by atoms with Crippen LogP contribution in [0.25, 0.3) is 11.0 Å². The van der Waals surface area contributed by atoms with Gasteiger partial charge in [0.05, 0.1) is 35.6 Å². The summed E-state index contributed by atoms with van der Waals surface area (Å²) in [6.45, 7) is 9.35. The lowest BCUT2D eigenvalue weighted by molar-refractivity contribution is 0.0301. The van der Waals surface area contributed by atoms with E-state index in [-0.39, 0.29) is 0 Å². The number of benzene rings is 1. The van der Waals surface area contributed by atoms with Crippen LogP contribution < -0.4 is 0 Å². The molecule has 2 aliphatic heterocycles. The van der Waals surface area contributed by atoms with E-state index in [1.165, 1.54) is 38.8 Å². The first-order valence-corrected chi connectivity index (χ1v) is 10.1. The van der Waals surface area contributed by atoms with E-state index < -0.39 is 0 Å². The van der Waals surface area contributed by atoms with Gasteiger partial charge in [0.15, 0.2) is 0 Å². The number of morpholine rings is 1. The summed E-state index contributed by atoms with van der Waals surface area (Å²) in [7, 11) is 0. The van der Waals surface area contributed by atoms with Crippen LogP contribution in [0.4, 0.5) is 0 Å². The van der Waals surface area contributed by atoms with E-state index in [1.807, 2.05) is 18.2 Å². The number of likely N-dealkylation sites (tertiary alicyclic amines) is 1. The quantitative estimate of drug-likeness (QED) is 0.826. The van der Waals surface area contributed by atoms with Gasteiger partial charge in [-0.2, -0.15) is 0 Å². The van der Waals surface area contributed by atoms with Crippen LogP contribution in [0.15, 0.2) is 24.3 Å². The first-order valence-electron chi connectivity index (χ1n) is 10.1. The molecule has 3 heterocycles. The third-order valence-electron chi connectivity index (χ3n) is 5.83. The Morgan fingerprint density at radius 1 is 1.04 bits per heavy atom. The number of fused-ring (bicyclic) bond motifs is 1. The van der Waals surface area contributed by atoms with Gasteiger partial charge in [-0.05, 0) is 51.4 Å². The third kappa shape index (κ3) is 4.22. The lowest BCUT2D eigenvalue weighted by Crippen LogP contribution is -2.43. The Bertz CT molecular complexity index is 729. The van der Waals surface area contributed by atoms with Gasteiger partial charge in [-0.15, -0.1) is 0 Å². The molecule has 0 N–H and O–H groups in total. The van der Waals surface area contributed by atoms with Crippen molar-refractivity contribution in [1.29, 1.82) is 0 Å². The number of aromatic nitrogens is 2. The molecule has 140 valence electrons. The van der Waals surface area contributed by atoms with Gasteiger partial charge in [0.1, 0.15) is 0 Å². The van der Waals surface area contributed by atoms with Gasteiger partial charge in [0, 0.05) is 25.7 Å². The molecule has 0 aliphatic carbocycles. The minimum atomic E-state index is 0.666. The summed E-state index contributed by atoms with van der Waals surface area (Å²) in [6, 6.07) is 8.85. The molecule has 5 nitrogen and oxygen atoms in total. The summed E-state index contributed by atoms with van der Waals surface area (Å²) in [4.78, 5) is 14.9. The molecule has 2 saturated heterocycles. The van der Waals surface area contributed by atoms with Gasteiger partial charge >= 0.3 is 0 Å². The number of nitrogens with zero attached hydrogens (tertiary/aromatic N) is 4. The predicted octanol–water partition coefficient (Wildman–Crippen LogP) is 3.02. The smallest absolute Gasteiger partial charge is 0.0890 e. The van der Waals surface area contributed by atoms with Gasteiger partial charge in [-0.3, -0.25) is 9.80 Å². The fourth-order valence-corrected chi connectivity index (χ4v) is 4.22. The Morgan fingerprint density at radius 3 is 2.62 bits per heavy atom. The molecule has 0 saturated carbocycles. The average molecular weight is 354 g/mol. The topological polar surface area (TPSA) is 41.5 Å². The van der Waals surface area contributed by atoms with E-state index in [4.69, 9.17) is 14.7 Å². The van der Waals surface area contributed by atoms with Crippen molar-refractivity contribution in [2.24, 2.45) is 0 Å². The van der Waals surface area contributed by atoms with E-state index in [0.29, 0.717) is 6.04 Å². The maximum absolute atomic E-state index is 5.47. The van der Waals surface area contributed by atoms with E-state index in [0.717, 1.165) is 55.3 Å². The van der Waals surface area contributed by atoms with Crippen molar-refractivity contribution < 1.29 is 4.74 Å². The van der Waals surface area contributed by atoms with Crippen molar-refractivity contribution in [3.05, 3.63) is 35.7 Å². The van der Waals surface area contributed by atoms with Crippen LogP contribution in [0, 0.1) is 6.92 Å². The summed E-state index contributed by atoms with van der Waals surface area (Å²) in [5.41, 5.74) is 4.22. The summed E-state index contributed by atoms with van der Waals surface area (Å²) >= 11 is 0. The third-order valence-corrected chi connectivity index (χ3v) is 5.83. The van der Waals surface area contributed by atoms with Gasteiger partial charge in [0.2, 0.25) is 0 Å². The van der Waals surface area contributed by atoms with Crippen molar-refractivity contribution in [3.8, 4) is 0 Å². The Labute approximate surface area is 156 Å². The fraction of sp³-hybridized carbons (Fsp3) is 0.619. The van der Waals surface area contributed by atoms with Crippen molar-refractivity contribution in [1.82, 2.24) is 19.8 Å². The molecule has 4 rings (SSSR count). The second kappa shape index (κ2) is 8.42. The first kappa shape index (κ1) is 17.8. The minimum Gasteiger partial charge on any atom is -0.379 e. The van der Waals surface area contributed by atoms with Crippen LogP contribution >= 0.6 is 0 Å². The van der Waals surface area contributed by atoms with Crippen molar-refractivity contribution >= 4 is 11.0 Å². The van der Waals surface area contributed by atoms with Crippen LogP contribution in [0.5, 0.6) is 0 Å². The number of rotatable bonds is 5. The van der Waals surface area contributed by atoms with E-state index in [1.54, 1.807) is 0 Å². The molecule has 2 fully saturated rings. The molecule has 0 spiro atoms. The standard InChI is InChI=1S/C21H30N4O/c1-17-21(23-20-8-3-2-7-19(20)22-17)16-25-10-5-4-6-18(25)9-11-24-12-14-26-15-13-24/h2-3,7-8,18H,4-6,9-16H2,1H3/t18-/m0/s1. The lowest BCUT2D eigenvalue weighted by atomic mass is 9.98. The highest BCUT2D eigenvalue weighted by molar-refractivity contribution is 5.74. The summed E-state index contributed by atoms with van der Waals surface area (Å²) < 4.78 is 5.47. The minimum absolute atomic E-state index is 0.666. The molecule has 1 aromatic heterocycles. The number of hydrogen-bond donors (Lipinski definition) is 0. The molecule has 0 bridgehead atoms. The second-order valence-electron chi connectivity index (χ2n) is 7.61. The zero-order chi connectivity index (χ0) is 17.8. The zero-order valence-electron chi connectivity index (χ0n) is 15.9. The molecular formula is C21H30N4O.